The van der Waals surface area contributed by atoms with Gasteiger partial charge in [0.1, 0.15) is 17.5 Å². The van der Waals surface area contributed by atoms with Crippen molar-refractivity contribution in [3.05, 3.63) is 47.2 Å². The van der Waals surface area contributed by atoms with E-state index in [4.69, 9.17) is 0 Å². The summed E-state index contributed by atoms with van der Waals surface area (Å²) in [6.07, 6.45) is 3.85. The minimum Gasteiger partial charge on any atom is -0.310 e. The number of sulfonamides is 1. The number of aryl methyl sites for hydroxylation is 1. The van der Waals surface area contributed by atoms with Crippen molar-refractivity contribution in [2.75, 3.05) is 24.2 Å². The van der Waals surface area contributed by atoms with E-state index in [2.05, 4.69) is 10.4 Å². The van der Waals surface area contributed by atoms with Crippen molar-refractivity contribution in [2.24, 2.45) is 5.92 Å². The van der Waals surface area contributed by atoms with Gasteiger partial charge in [0.25, 0.3) is 0 Å². The van der Waals surface area contributed by atoms with Crippen LogP contribution in [0.3, 0.4) is 0 Å². The summed E-state index contributed by atoms with van der Waals surface area (Å²) in [5.74, 6) is -1.10. The summed E-state index contributed by atoms with van der Waals surface area (Å²) < 4.78 is 55.1. The number of benzene rings is 1. The molecule has 31 heavy (non-hydrogen) atoms. The molecule has 0 radical (unpaired) electrons. The first kappa shape index (κ1) is 23.3. The number of rotatable bonds is 8. The van der Waals surface area contributed by atoms with Crippen molar-refractivity contribution in [3.63, 3.8) is 0 Å². The predicted octanol–water partition coefficient (Wildman–Crippen LogP) is 3.30. The number of piperidine rings is 1. The summed E-state index contributed by atoms with van der Waals surface area (Å²) >= 11 is 0. The highest BCUT2D eigenvalue weighted by Crippen LogP contribution is 2.24. The van der Waals surface area contributed by atoms with Crippen molar-refractivity contribution >= 4 is 21.7 Å². The van der Waals surface area contributed by atoms with Gasteiger partial charge in [-0.05, 0) is 44.4 Å². The standard InChI is InChI=1S/C21H28F2N4O3S/c1-3-4-11-31(29,30)26-9-7-16(8-10-26)21(28)25-20-15(2)13-24-27(20)14-17-12-18(22)5-6-19(17)23/h5-6,12-13,16H,3-4,7-11,14H2,1-2H3,(H,25,28). The first-order valence-electron chi connectivity index (χ1n) is 10.5. The van der Waals surface area contributed by atoms with E-state index in [0.717, 1.165) is 24.6 Å². The third-order valence-corrected chi connectivity index (χ3v) is 7.52. The fraction of sp³-hybridized carbons (Fsp3) is 0.524. The Morgan fingerprint density at radius 3 is 2.65 bits per heavy atom. The molecule has 1 aromatic carbocycles. The molecule has 2 aromatic rings. The lowest BCUT2D eigenvalue weighted by Gasteiger charge is -2.30. The Bertz CT molecular complexity index is 1030. The van der Waals surface area contributed by atoms with Crippen molar-refractivity contribution in [2.45, 2.75) is 46.1 Å². The molecule has 2 heterocycles. The van der Waals surface area contributed by atoms with E-state index in [0.29, 0.717) is 43.7 Å². The van der Waals surface area contributed by atoms with Gasteiger partial charge in [0.2, 0.25) is 15.9 Å². The van der Waals surface area contributed by atoms with E-state index in [1.807, 2.05) is 6.92 Å². The maximum atomic E-state index is 14.0. The molecule has 0 atom stereocenters. The van der Waals surface area contributed by atoms with Crippen molar-refractivity contribution < 1.29 is 22.0 Å². The minimum atomic E-state index is -3.28. The lowest BCUT2D eigenvalue weighted by Crippen LogP contribution is -2.42. The topological polar surface area (TPSA) is 84.3 Å². The number of aromatic nitrogens is 2. The molecule has 1 amide bonds. The van der Waals surface area contributed by atoms with Crippen LogP contribution in [-0.4, -0.2) is 47.3 Å². The molecule has 1 aliphatic heterocycles. The van der Waals surface area contributed by atoms with Gasteiger partial charge in [0, 0.05) is 30.1 Å². The summed E-state index contributed by atoms with van der Waals surface area (Å²) in [7, 11) is -3.28. The fourth-order valence-corrected chi connectivity index (χ4v) is 5.34. The number of unbranched alkanes of at least 4 members (excludes halogenated alkanes) is 1. The number of hydrogen-bond acceptors (Lipinski definition) is 4. The predicted molar refractivity (Wildman–Crippen MR) is 114 cm³/mol. The smallest absolute Gasteiger partial charge is 0.228 e. The molecule has 1 aliphatic rings. The Hall–Kier alpha value is -2.33. The summed E-state index contributed by atoms with van der Waals surface area (Å²) in [5.41, 5.74) is 0.828. The quantitative estimate of drug-likeness (QED) is 0.663. The van der Waals surface area contributed by atoms with Gasteiger partial charge in [-0.15, -0.1) is 0 Å². The van der Waals surface area contributed by atoms with Crippen LogP contribution >= 0.6 is 0 Å². The van der Waals surface area contributed by atoms with Crippen LogP contribution in [0.15, 0.2) is 24.4 Å². The number of amides is 1. The van der Waals surface area contributed by atoms with Gasteiger partial charge in [-0.25, -0.2) is 26.2 Å². The number of halogens is 2. The third-order valence-electron chi connectivity index (χ3n) is 5.57. The van der Waals surface area contributed by atoms with E-state index in [1.165, 1.54) is 8.99 Å². The summed E-state index contributed by atoms with van der Waals surface area (Å²) in [6, 6.07) is 3.21. The monoisotopic (exact) mass is 454 g/mol. The van der Waals surface area contributed by atoms with Crippen LogP contribution in [0.4, 0.5) is 14.6 Å². The maximum absolute atomic E-state index is 14.0. The van der Waals surface area contributed by atoms with Gasteiger partial charge in [0.05, 0.1) is 18.5 Å². The molecule has 0 saturated carbocycles. The summed E-state index contributed by atoms with van der Waals surface area (Å²) in [4.78, 5) is 12.8. The Morgan fingerprint density at radius 1 is 1.26 bits per heavy atom. The van der Waals surface area contributed by atoms with E-state index >= 15 is 0 Å². The molecule has 1 fully saturated rings. The molecular weight excluding hydrogens is 426 g/mol. The second-order valence-electron chi connectivity index (χ2n) is 7.90. The van der Waals surface area contributed by atoms with E-state index in [9.17, 15) is 22.0 Å². The largest absolute Gasteiger partial charge is 0.310 e. The molecule has 7 nitrogen and oxygen atoms in total. The average molecular weight is 455 g/mol. The third kappa shape index (κ3) is 5.68. The summed E-state index contributed by atoms with van der Waals surface area (Å²) in [5, 5.41) is 7.03. The van der Waals surface area contributed by atoms with Gasteiger partial charge in [-0.1, -0.05) is 13.3 Å². The molecule has 0 bridgehead atoms. The second-order valence-corrected chi connectivity index (χ2v) is 9.99. The van der Waals surface area contributed by atoms with E-state index in [1.54, 1.807) is 13.1 Å². The van der Waals surface area contributed by atoms with Gasteiger partial charge in [-0.3, -0.25) is 4.79 Å². The molecule has 1 aromatic heterocycles. The Morgan fingerprint density at radius 2 is 1.97 bits per heavy atom. The SMILES string of the molecule is CCCCS(=O)(=O)N1CCC(C(=O)Nc2c(C)cnn2Cc2cc(F)ccc2F)CC1. The molecular formula is C21H28F2N4O3S. The first-order chi connectivity index (χ1) is 14.7. The van der Waals surface area contributed by atoms with Crippen LogP contribution < -0.4 is 5.32 Å². The van der Waals surface area contributed by atoms with E-state index in [-0.39, 0.29) is 29.7 Å². The highest BCUT2D eigenvalue weighted by molar-refractivity contribution is 7.89. The number of anilines is 1. The molecule has 10 heteroatoms. The van der Waals surface area contributed by atoms with Gasteiger partial charge in [-0.2, -0.15) is 5.10 Å². The maximum Gasteiger partial charge on any atom is 0.228 e. The zero-order valence-corrected chi connectivity index (χ0v) is 18.6. The average Bonchev–Trinajstić information content (AvgIpc) is 3.08. The van der Waals surface area contributed by atoms with E-state index < -0.39 is 21.7 Å². The fourth-order valence-electron chi connectivity index (χ4n) is 3.66. The van der Waals surface area contributed by atoms with Crippen molar-refractivity contribution in [1.29, 1.82) is 0 Å². The first-order valence-corrected chi connectivity index (χ1v) is 12.1. The number of nitrogens with zero attached hydrogens (tertiary/aromatic N) is 3. The van der Waals surface area contributed by atoms with Gasteiger partial charge in [0.15, 0.2) is 0 Å². The highest BCUT2D eigenvalue weighted by atomic mass is 32.2. The molecule has 1 saturated heterocycles. The van der Waals surface area contributed by atoms with Crippen molar-refractivity contribution in [1.82, 2.24) is 14.1 Å². The van der Waals surface area contributed by atoms with Crippen LogP contribution in [0.1, 0.15) is 43.7 Å². The van der Waals surface area contributed by atoms with Crippen LogP contribution in [0.25, 0.3) is 0 Å². The zero-order chi connectivity index (χ0) is 22.6. The molecule has 3 rings (SSSR count). The number of carbonyl (C=O) groups is 1. The number of nitrogens with one attached hydrogen (secondary N) is 1. The molecule has 170 valence electrons. The minimum absolute atomic E-state index is 0.0266. The number of carbonyl (C=O) groups excluding carboxylic acids is 1. The van der Waals surface area contributed by atoms with Gasteiger partial charge >= 0.3 is 0 Å². The highest BCUT2D eigenvalue weighted by Gasteiger charge is 2.31. The molecule has 0 aliphatic carbocycles. The lowest BCUT2D eigenvalue weighted by atomic mass is 9.97. The van der Waals surface area contributed by atoms with Crippen LogP contribution in [-0.2, 0) is 21.4 Å². The van der Waals surface area contributed by atoms with Crippen molar-refractivity contribution in [3.8, 4) is 0 Å². The Kier molecular flexibility index (Phi) is 7.42. The Labute approximate surface area is 181 Å². The normalized spacial score (nSPS) is 15.9. The molecule has 0 spiro atoms. The summed E-state index contributed by atoms with van der Waals surface area (Å²) in [6.45, 7) is 4.32. The Balaban J connectivity index is 1.64. The lowest BCUT2D eigenvalue weighted by molar-refractivity contribution is -0.121. The van der Waals surface area contributed by atoms with Crippen LogP contribution in [0.2, 0.25) is 0 Å². The number of hydrogen-bond donors (Lipinski definition) is 1. The molecule has 1 N–H and O–H groups in total. The van der Waals surface area contributed by atoms with Crippen LogP contribution in [0.5, 0.6) is 0 Å². The second kappa shape index (κ2) is 9.86. The zero-order valence-electron chi connectivity index (χ0n) is 17.8. The van der Waals surface area contributed by atoms with Crippen LogP contribution in [0, 0.1) is 24.5 Å². The van der Waals surface area contributed by atoms with Gasteiger partial charge < -0.3 is 5.32 Å². The molecule has 0 unspecified atom stereocenters.